The second-order valence-electron chi connectivity index (χ2n) is 5.97. The number of nitrogens with zero attached hydrogens (tertiary/aromatic N) is 1. The molecule has 2 amide bonds. The molecule has 3 fully saturated rings. The number of rotatable bonds is 1. The third-order valence-corrected chi connectivity index (χ3v) is 5.91. The van der Waals surface area contributed by atoms with Crippen LogP contribution in [0.25, 0.3) is 0 Å². The molecular weight excluding hydrogens is 297 g/mol. The number of fused-ring (bicyclic) bond motifs is 5. The molecule has 0 spiro atoms. The molecule has 0 radical (unpaired) electrons. The first kappa shape index (κ1) is 12.7. The van der Waals surface area contributed by atoms with E-state index in [1.165, 1.54) is 4.90 Å². The number of carbonyl (C=O) groups is 2. The summed E-state index contributed by atoms with van der Waals surface area (Å²) in [6.45, 7) is 0. The number of anilines is 1. The first-order chi connectivity index (χ1) is 9.59. The second-order valence-corrected chi connectivity index (χ2v) is 6.75. The molecule has 2 saturated carbocycles. The molecule has 4 atom stereocenters. The lowest BCUT2D eigenvalue weighted by molar-refractivity contribution is -0.123. The van der Waals surface area contributed by atoms with Gasteiger partial charge in [-0.1, -0.05) is 29.3 Å². The van der Waals surface area contributed by atoms with Crippen molar-refractivity contribution in [3.8, 4) is 0 Å². The van der Waals surface area contributed by atoms with Gasteiger partial charge in [0, 0.05) is 0 Å². The van der Waals surface area contributed by atoms with Crippen LogP contribution in [0.1, 0.15) is 19.3 Å². The molecule has 1 aromatic rings. The van der Waals surface area contributed by atoms with E-state index < -0.39 is 0 Å². The van der Waals surface area contributed by atoms with Gasteiger partial charge in [-0.25, -0.2) is 4.90 Å². The van der Waals surface area contributed by atoms with Crippen molar-refractivity contribution in [2.45, 2.75) is 19.3 Å². The van der Waals surface area contributed by atoms with Crippen molar-refractivity contribution in [1.82, 2.24) is 0 Å². The summed E-state index contributed by atoms with van der Waals surface area (Å²) in [5, 5.41) is 0.646. The van der Waals surface area contributed by atoms with Gasteiger partial charge < -0.3 is 0 Å². The van der Waals surface area contributed by atoms with Gasteiger partial charge >= 0.3 is 0 Å². The van der Waals surface area contributed by atoms with Crippen LogP contribution in [0, 0.1) is 23.7 Å². The highest BCUT2D eigenvalue weighted by Crippen LogP contribution is 2.57. The molecule has 1 heterocycles. The zero-order valence-electron chi connectivity index (χ0n) is 10.7. The topological polar surface area (TPSA) is 37.4 Å². The molecule has 1 aromatic carbocycles. The third-order valence-electron chi connectivity index (χ3n) is 5.10. The van der Waals surface area contributed by atoms with Crippen LogP contribution in [0.2, 0.25) is 10.0 Å². The molecule has 1 aliphatic heterocycles. The molecular formula is C15H13Cl2NO2. The fourth-order valence-electron chi connectivity index (χ4n) is 4.31. The number of imide groups is 1. The van der Waals surface area contributed by atoms with Crippen molar-refractivity contribution in [3.05, 3.63) is 28.2 Å². The maximum Gasteiger partial charge on any atom is 0.238 e. The van der Waals surface area contributed by atoms with Crippen LogP contribution in [0.4, 0.5) is 5.69 Å². The van der Waals surface area contributed by atoms with Crippen molar-refractivity contribution >= 4 is 40.7 Å². The van der Waals surface area contributed by atoms with Gasteiger partial charge in [0.1, 0.15) is 0 Å². The average Bonchev–Trinajstić information content (AvgIpc) is 3.09. The summed E-state index contributed by atoms with van der Waals surface area (Å²) in [7, 11) is 0. The van der Waals surface area contributed by atoms with Crippen molar-refractivity contribution in [2.75, 3.05) is 4.90 Å². The average molecular weight is 310 g/mol. The van der Waals surface area contributed by atoms with E-state index in [2.05, 4.69) is 0 Å². The smallest absolute Gasteiger partial charge is 0.238 e. The van der Waals surface area contributed by atoms with Gasteiger partial charge in [-0.15, -0.1) is 0 Å². The normalized spacial score (nSPS) is 35.0. The largest absolute Gasteiger partial charge is 0.274 e. The maximum absolute atomic E-state index is 12.7. The van der Waals surface area contributed by atoms with Crippen LogP contribution in [-0.2, 0) is 9.59 Å². The first-order valence-corrected chi connectivity index (χ1v) is 7.67. The predicted molar refractivity (Wildman–Crippen MR) is 76.8 cm³/mol. The van der Waals surface area contributed by atoms with Crippen LogP contribution in [-0.4, -0.2) is 11.8 Å². The molecule has 0 aromatic heterocycles. The Labute approximate surface area is 126 Å². The van der Waals surface area contributed by atoms with Crippen molar-refractivity contribution in [2.24, 2.45) is 23.7 Å². The van der Waals surface area contributed by atoms with Crippen molar-refractivity contribution < 1.29 is 9.59 Å². The lowest BCUT2D eigenvalue weighted by atomic mass is 9.81. The zero-order chi connectivity index (χ0) is 14.0. The number of amides is 2. The Morgan fingerprint density at radius 2 is 1.60 bits per heavy atom. The highest BCUT2D eigenvalue weighted by Gasteiger charge is 2.61. The first-order valence-electron chi connectivity index (χ1n) is 6.91. The second kappa shape index (κ2) is 4.22. The number of halogens is 2. The monoisotopic (exact) mass is 309 g/mol. The number of benzene rings is 1. The molecule has 20 heavy (non-hydrogen) atoms. The van der Waals surface area contributed by atoms with Crippen LogP contribution in [0.3, 0.4) is 0 Å². The third kappa shape index (κ3) is 1.48. The molecule has 3 nitrogen and oxygen atoms in total. The number of hydrogen-bond acceptors (Lipinski definition) is 2. The van der Waals surface area contributed by atoms with Crippen molar-refractivity contribution in [3.63, 3.8) is 0 Å². The van der Waals surface area contributed by atoms with Gasteiger partial charge in [0.15, 0.2) is 0 Å². The highest BCUT2D eigenvalue weighted by atomic mass is 35.5. The molecule has 1 saturated heterocycles. The molecule has 3 aliphatic rings. The summed E-state index contributed by atoms with van der Waals surface area (Å²) in [5.74, 6) is 0.328. The summed E-state index contributed by atoms with van der Waals surface area (Å²) in [6, 6.07) is 5.06. The van der Waals surface area contributed by atoms with E-state index in [1.807, 2.05) is 0 Å². The number of carbonyl (C=O) groups excluding carboxylic acids is 2. The van der Waals surface area contributed by atoms with Gasteiger partial charge in [0.05, 0.1) is 27.6 Å². The van der Waals surface area contributed by atoms with E-state index in [9.17, 15) is 9.59 Å². The lowest BCUT2D eigenvalue weighted by Crippen LogP contribution is -2.33. The van der Waals surface area contributed by atoms with Gasteiger partial charge in [-0.05, 0) is 43.2 Å². The Kier molecular flexibility index (Phi) is 2.67. The minimum Gasteiger partial charge on any atom is -0.274 e. The number of hydrogen-bond donors (Lipinski definition) is 0. The Bertz CT molecular complexity index is 602. The molecule has 4 rings (SSSR count). The zero-order valence-corrected chi connectivity index (χ0v) is 12.2. The summed E-state index contributed by atoms with van der Waals surface area (Å²) in [5.41, 5.74) is 0.433. The fourth-order valence-corrected chi connectivity index (χ4v) is 4.69. The lowest BCUT2D eigenvalue weighted by Gasteiger charge is -2.19. The van der Waals surface area contributed by atoms with Crippen molar-refractivity contribution in [1.29, 1.82) is 0 Å². The Morgan fingerprint density at radius 1 is 1.00 bits per heavy atom. The maximum atomic E-state index is 12.7. The van der Waals surface area contributed by atoms with E-state index >= 15 is 0 Å². The molecule has 0 N–H and O–H groups in total. The highest BCUT2D eigenvalue weighted by molar-refractivity contribution is 6.44. The van der Waals surface area contributed by atoms with E-state index in [1.54, 1.807) is 18.2 Å². The van der Waals surface area contributed by atoms with Gasteiger partial charge in [0.25, 0.3) is 0 Å². The molecule has 0 unspecified atom stereocenters. The minimum absolute atomic E-state index is 0.0867. The summed E-state index contributed by atoms with van der Waals surface area (Å²) >= 11 is 12.2. The SMILES string of the molecule is O=C1[C@@H]2[C@@H]3CC[C@H](C3)[C@@H]2C(=O)N1c1cccc(Cl)c1Cl. The Balaban J connectivity index is 1.79. The van der Waals surface area contributed by atoms with E-state index in [4.69, 9.17) is 23.2 Å². The summed E-state index contributed by atoms with van der Waals surface area (Å²) < 4.78 is 0. The van der Waals surface area contributed by atoms with Gasteiger partial charge in [-0.3, -0.25) is 9.59 Å². The Hall–Kier alpha value is -1.06. The molecule has 2 aliphatic carbocycles. The van der Waals surface area contributed by atoms with Crippen LogP contribution in [0.5, 0.6) is 0 Å². The predicted octanol–water partition coefficient (Wildman–Crippen LogP) is 3.53. The van der Waals surface area contributed by atoms with Gasteiger partial charge in [0.2, 0.25) is 11.8 Å². The molecule has 2 bridgehead atoms. The molecule has 104 valence electrons. The minimum atomic E-state index is -0.128. The Morgan fingerprint density at radius 3 is 2.20 bits per heavy atom. The summed E-state index contributed by atoms with van der Waals surface area (Å²) in [6.07, 6.45) is 3.17. The molecule has 5 heteroatoms. The van der Waals surface area contributed by atoms with Crippen LogP contribution >= 0.6 is 23.2 Å². The van der Waals surface area contributed by atoms with E-state index in [0.717, 1.165) is 19.3 Å². The van der Waals surface area contributed by atoms with E-state index in [-0.39, 0.29) is 28.7 Å². The standard InChI is InChI=1S/C15H13Cl2NO2/c16-9-2-1-3-10(13(9)17)18-14(19)11-7-4-5-8(6-7)12(11)15(18)20/h1-3,7-8,11-12H,4-6H2/t7-,8-,11-,12+/m1/s1. The fraction of sp³-hybridized carbons (Fsp3) is 0.467. The summed E-state index contributed by atoms with van der Waals surface area (Å²) in [4.78, 5) is 26.6. The van der Waals surface area contributed by atoms with E-state index in [0.29, 0.717) is 22.5 Å². The van der Waals surface area contributed by atoms with Crippen LogP contribution < -0.4 is 4.90 Å². The van der Waals surface area contributed by atoms with Crippen LogP contribution in [0.15, 0.2) is 18.2 Å². The quantitative estimate of drug-likeness (QED) is 0.744. The van der Waals surface area contributed by atoms with Gasteiger partial charge in [-0.2, -0.15) is 0 Å².